The highest BCUT2D eigenvalue weighted by Gasteiger charge is 2.25. The van der Waals surface area contributed by atoms with Gasteiger partial charge in [-0.25, -0.2) is 13.9 Å². The number of carboxylic acids is 1. The molecule has 1 aliphatic rings. The van der Waals surface area contributed by atoms with Gasteiger partial charge in [0.2, 0.25) is 5.91 Å². The number of pyridine rings is 1. The second kappa shape index (κ2) is 11.5. The summed E-state index contributed by atoms with van der Waals surface area (Å²) in [5.74, 6) is -2.65. The van der Waals surface area contributed by atoms with Crippen LogP contribution in [0.15, 0.2) is 60.9 Å². The molecule has 0 saturated heterocycles. The average molecular weight is 576 g/mol. The topological polar surface area (TPSA) is 126 Å². The van der Waals surface area contributed by atoms with Crippen molar-refractivity contribution in [1.29, 1.82) is 0 Å². The van der Waals surface area contributed by atoms with Crippen molar-refractivity contribution < 1.29 is 23.9 Å². The van der Waals surface area contributed by atoms with Gasteiger partial charge in [-0.2, -0.15) is 5.10 Å². The van der Waals surface area contributed by atoms with E-state index in [9.17, 15) is 23.9 Å². The maximum atomic E-state index is 14.7. The molecular formula is C30H27ClFN5O4. The molecule has 2 bridgehead atoms. The fourth-order valence-electron chi connectivity index (χ4n) is 4.91. The monoisotopic (exact) mass is 575 g/mol. The van der Waals surface area contributed by atoms with Crippen molar-refractivity contribution in [2.75, 3.05) is 5.32 Å². The Morgan fingerprint density at radius 2 is 1.98 bits per heavy atom. The number of fused-ring (bicyclic) bond motifs is 4. The van der Waals surface area contributed by atoms with Gasteiger partial charge in [0.25, 0.3) is 5.91 Å². The highest BCUT2D eigenvalue weighted by molar-refractivity contribution is 6.30. The third-order valence-electron chi connectivity index (χ3n) is 7.27. The van der Waals surface area contributed by atoms with E-state index in [4.69, 9.17) is 11.6 Å². The Bertz CT molecular complexity index is 1670. The summed E-state index contributed by atoms with van der Waals surface area (Å²) in [5.41, 5.74) is 3.12. The molecule has 0 spiro atoms. The van der Waals surface area contributed by atoms with E-state index in [2.05, 4.69) is 20.7 Å². The Kier molecular flexibility index (Phi) is 7.85. The molecule has 2 atom stereocenters. The molecule has 2 amide bonds. The van der Waals surface area contributed by atoms with Crippen LogP contribution in [0.5, 0.6) is 0 Å². The van der Waals surface area contributed by atoms with Gasteiger partial charge in [-0.3, -0.25) is 14.6 Å². The van der Waals surface area contributed by atoms with Gasteiger partial charge in [0.1, 0.15) is 5.69 Å². The lowest BCUT2D eigenvalue weighted by atomic mass is 9.94. The Labute approximate surface area is 240 Å². The minimum atomic E-state index is -1.09. The zero-order valence-electron chi connectivity index (χ0n) is 22.3. The van der Waals surface area contributed by atoms with E-state index in [-0.39, 0.29) is 33.7 Å². The number of carboxylic acid groups (broad SMARTS) is 1. The van der Waals surface area contributed by atoms with Crippen molar-refractivity contribution in [3.63, 3.8) is 0 Å². The smallest absolute Gasteiger partial charge is 0.335 e. The summed E-state index contributed by atoms with van der Waals surface area (Å²) in [7, 11) is 0. The van der Waals surface area contributed by atoms with Crippen LogP contribution >= 0.6 is 11.6 Å². The van der Waals surface area contributed by atoms with E-state index in [1.165, 1.54) is 35.1 Å². The number of anilines is 1. The van der Waals surface area contributed by atoms with Crippen LogP contribution < -0.4 is 10.6 Å². The maximum Gasteiger partial charge on any atom is 0.335 e. The average Bonchev–Trinajstić information content (AvgIpc) is 3.34. The zero-order chi connectivity index (χ0) is 29.3. The van der Waals surface area contributed by atoms with Gasteiger partial charge in [-0.15, -0.1) is 0 Å². The zero-order valence-corrected chi connectivity index (χ0v) is 23.1. The maximum absolute atomic E-state index is 14.7. The van der Waals surface area contributed by atoms with Crippen molar-refractivity contribution in [1.82, 2.24) is 20.1 Å². The molecule has 4 aromatic rings. The lowest BCUT2D eigenvalue weighted by Gasteiger charge is -2.22. The third-order valence-corrected chi connectivity index (χ3v) is 7.56. The van der Waals surface area contributed by atoms with Crippen LogP contribution in [0, 0.1) is 18.7 Å². The predicted molar refractivity (Wildman–Crippen MR) is 152 cm³/mol. The number of halogens is 2. The van der Waals surface area contributed by atoms with Gasteiger partial charge < -0.3 is 15.7 Å². The highest BCUT2D eigenvalue weighted by atomic mass is 35.5. The number of hydrogen-bond donors (Lipinski definition) is 3. The van der Waals surface area contributed by atoms with Crippen LogP contribution in [0.2, 0.25) is 5.02 Å². The largest absolute Gasteiger partial charge is 0.478 e. The Hall–Kier alpha value is -4.57. The van der Waals surface area contributed by atoms with Gasteiger partial charge in [0.05, 0.1) is 39.8 Å². The molecule has 3 heterocycles. The molecule has 1 aliphatic heterocycles. The molecule has 0 radical (unpaired) electrons. The summed E-state index contributed by atoms with van der Waals surface area (Å²) in [6.07, 6.45) is 4.65. The normalized spacial score (nSPS) is 17.0. The van der Waals surface area contributed by atoms with Gasteiger partial charge in [-0.1, -0.05) is 31.0 Å². The second-order valence-corrected chi connectivity index (χ2v) is 10.4. The molecule has 0 saturated carbocycles. The summed E-state index contributed by atoms with van der Waals surface area (Å²) < 4.78 is 16.0. The first-order valence-corrected chi connectivity index (χ1v) is 13.5. The summed E-state index contributed by atoms with van der Waals surface area (Å²) in [5, 5.41) is 19.7. The third kappa shape index (κ3) is 5.69. The van der Waals surface area contributed by atoms with Crippen molar-refractivity contribution in [3.8, 4) is 16.8 Å². The minimum absolute atomic E-state index is 0.0532. The second-order valence-electron chi connectivity index (χ2n) is 10.0. The number of aromatic nitrogens is 3. The summed E-state index contributed by atoms with van der Waals surface area (Å²) in [4.78, 5) is 42.6. The molecular weight excluding hydrogens is 549 g/mol. The first-order chi connectivity index (χ1) is 19.6. The number of carbonyl (C=O) groups is 3. The van der Waals surface area contributed by atoms with Crippen LogP contribution in [0.3, 0.4) is 0 Å². The first-order valence-electron chi connectivity index (χ1n) is 13.1. The van der Waals surface area contributed by atoms with E-state index in [0.717, 1.165) is 0 Å². The van der Waals surface area contributed by atoms with E-state index in [1.54, 1.807) is 37.4 Å². The quantitative estimate of drug-likeness (QED) is 0.275. The van der Waals surface area contributed by atoms with E-state index >= 15 is 0 Å². The SMILES string of the molecule is Cc1c(C(=O)NC2CCC[C@H](C)C(=O)Nc3ccc(C(=O)O)cc3-c3ccnc2c3)cnn1-c1cccc(Cl)c1F. The van der Waals surface area contributed by atoms with Gasteiger partial charge in [-0.05, 0) is 67.8 Å². The molecule has 1 unspecified atom stereocenters. The lowest BCUT2D eigenvalue weighted by molar-refractivity contribution is -0.119. The molecule has 3 N–H and O–H groups in total. The number of nitrogens with one attached hydrogen (secondary N) is 2. The molecule has 0 fully saturated rings. The Morgan fingerprint density at radius 3 is 2.76 bits per heavy atom. The van der Waals surface area contributed by atoms with E-state index in [0.29, 0.717) is 47.5 Å². The van der Waals surface area contributed by atoms with Gasteiger partial charge in [0.15, 0.2) is 5.82 Å². The molecule has 0 aliphatic carbocycles. The van der Waals surface area contributed by atoms with Gasteiger partial charge in [0, 0.05) is 23.4 Å². The number of amides is 2. The molecule has 41 heavy (non-hydrogen) atoms. The fourth-order valence-corrected chi connectivity index (χ4v) is 5.08. The minimum Gasteiger partial charge on any atom is -0.478 e. The molecule has 11 heteroatoms. The summed E-state index contributed by atoms with van der Waals surface area (Å²) >= 11 is 5.94. The number of nitrogens with zero attached hydrogens (tertiary/aromatic N) is 3. The Morgan fingerprint density at radius 1 is 1.17 bits per heavy atom. The van der Waals surface area contributed by atoms with Crippen molar-refractivity contribution in [2.45, 2.75) is 39.2 Å². The highest BCUT2D eigenvalue weighted by Crippen LogP contribution is 2.33. The van der Waals surface area contributed by atoms with Gasteiger partial charge >= 0.3 is 5.97 Å². The molecule has 2 aromatic carbocycles. The standard InChI is InChI=1S/C30H27ClFN5O4/c1-16-5-3-7-24(36-29(39)21-15-34-37(17(21)2)26-8-4-6-22(31)27(26)32)25-14-18(11-12-33-25)20-13-19(30(40)41)9-10-23(20)35-28(16)38/h4,6,8-16,24H,3,5,7H2,1-2H3,(H,35,38)(H,36,39)(H,40,41)/t16-,24?/m0/s1. The van der Waals surface area contributed by atoms with E-state index in [1.807, 2.05) is 6.92 Å². The predicted octanol–water partition coefficient (Wildman–Crippen LogP) is 5.96. The molecule has 2 aromatic heterocycles. The number of carbonyl (C=O) groups excluding carboxylic acids is 2. The summed E-state index contributed by atoms with van der Waals surface area (Å²) in [6.45, 7) is 3.49. The first kappa shape index (κ1) is 28.0. The lowest BCUT2D eigenvalue weighted by Crippen LogP contribution is -2.30. The van der Waals surface area contributed by atoms with Crippen molar-refractivity contribution in [2.24, 2.45) is 5.92 Å². The van der Waals surface area contributed by atoms with E-state index < -0.39 is 23.7 Å². The summed E-state index contributed by atoms with van der Waals surface area (Å²) in [6, 6.07) is 12.1. The molecule has 210 valence electrons. The van der Waals surface area contributed by atoms with Crippen LogP contribution in [0.4, 0.5) is 10.1 Å². The number of benzene rings is 2. The van der Waals surface area contributed by atoms with Crippen molar-refractivity contribution in [3.05, 3.63) is 94.3 Å². The van der Waals surface area contributed by atoms with Crippen molar-refractivity contribution >= 4 is 35.1 Å². The van der Waals surface area contributed by atoms with Crippen LogP contribution in [-0.4, -0.2) is 37.7 Å². The number of hydrogen-bond acceptors (Lipinski definition) is 5. The van der Waals surface area contributed by atoms with Crippen LogP contribution in [0.25, 0.3) is 16.8 Å². The molecule has 5 rings (SSSR count). The Balaban J connectivity index is 1.51. The number of aromatic carboxylic acids is 1. The fraction of sp³-hybridized carbons (Fsp3) is 0.233. The van der Waals surface area contributed by atoms with Crippen LogP contribution in [0.1, 0.15) is 64.3 Å². The molecule has 9 nitrogen and oxygen atoms in total. The van der Waals surface area contributed by atoms with Crippen LogP contribution in [-0.2, 0) is 4.79 Å². The number of rotatable bonds is 4.